The first kappa shape index (κ1) is 17.0. The molecule has 0 unspecified atom stereocenters. The Bertz CT molecular complexity index is 946. The van der Waals surface area contributed by atoms with Crippen LogP contribution in [0.25, 0.3) is 10.9 Å². The number of amides is 1. The van der Waals surface area contributed by atoms with Crippen LogP contribution in [-0.2, 0) is 13.5 Å². The summed E-state index contributed by atoms with van der Waals surface area (Å²) < 4.78 is 1.47. The van der Waals surface area contributed by atoms with Crippen LogP contribution in [0.5, 0.6) is 0 Å². The van der Waals surface area contributed by atoms with Gasteiger partial charge >= 0.3 is 0 Å². The van der Waals surface area contributed by atoms with Crippen LogP contribution in [-0.4, -0.2) is 49.9 Å². The van der Waals surface area contributed by atoms with E-state index >= 15 is 0 Å². The van der Waals surface area contributed by atoms with Crippen LogP contribution in [0, 0.1) is 5.92 Å². The largest absolute Gasteiger partial charge is 0.391 e. The molecule has 1 aliphatic heterocycles. The summed E-state index contributed by atoms with van der Waals surface area (Å²) in [6, 6.07) is 9.94. The lowest BCUT2D eigenvalue weighted by Gasteiger charge is -2.17. The van der Waals surface area contributed by atoms with Gasteiger partial charge in [0.1, 0.15) is 5.69 Å². The number of carbonyl (C=O) groups is 1. The average Bonchev–Trinajstić information content (AvgIpc) is 3.17. The summed E-state index contributed by atoms with van der Waals surface area (Å²) in [4.78, 5) is 18.8. The molecule has 6 nitrogen and oxygen atoms in total. The maximum atomic E-state index is 12.8. The number of aryl methyl sites for hydroxylation is 1. The van der Waals surface area contributed by atoms with Crippen molar-refractivity contribution in [2.75, 3.05) is 13.1 Å². The predicted octanol–water partition coefficient (Wildman–Crippen LogP) is 2.30. The molecule has 0 bridgehead atoms. The van der Waals surface area contributed by atoms with Gasteiger partial charge in [0.15, 0.2) is 0 Å². The minimum atomic E-state index is -0.571. The number of benzene rings is 1. The Kier molecular flexibility index (Phi) is 4.38. The van der Waals surface area contributed by atoms with Crippen LogP contribution in [0.4, 0.5) is 0 Å². The van der Waals surface area contributed by atoms with Gasteiger partial charge in [0.05, 0.1) is 22.8 Å². The number of nitrogens with zero attached hydrogens (tertiary/aromatic N) is 4. The molecule has 7 heteroatoms. The van der Waals surface area contributed by atoms with E-state index in [2.05, 4.69) is 10.1 Å². The molecule has 26 heavy (non-hydrogen) atoms. The van der Waals surface area contributed by atoms with Gasteiger partial charge in [-0.2, -0.15) is 5.10 Å². The first-order valence-electron chi connectivity index (χ1n) is 8.52. The number of carbonyl (C=O) groups excluding carboxylic acids is 1. The number of likely N-dealkylation sites (tertiary alicyclic amines) is 1. The van der Waals surface area contributed by atoms with Crippen molar-refractivity contribution in [3.8, 4) is 0 Å². The Balaban J connectivity index is 1.55. The molecule has 0 spiro atoms. The first-order chi connectivity index (χ1) is 12.5. The zero-order valence-corrected chi connectivity index (χ0v) is 15.1. The van der Waals surface area contributed by atoms with Crippen LogP contribution in [0.1, 0.15) is 16.1 Å². The highest BCUT2D eigenvalue weighted by Gasteiger charge is 2.36. The molecule has 1 aliphatic rings. The summed E-state index contributed by atoms with van der Waals surface area (Å²) in [7, 11) is 1.69. The minimum Gasteiger partial charge on any atom is -0.391 e. The fourth-order valence-corrected chi connectivity index (χ4v) is 3.88. The van der Waals surface area contributed by atoms with Crippen molar-refractivity contribution in [2.45, 2.75) is 12.5 Å². The standard InChI is InChI=1S/C19H19ClN4O2/c1-23-18(15(20)9-22-23)19(26)24-10-13(17(25)11-24)8-12-6-7-21-16-5-3-2-4-14(12)16/h2-7,9,13,17,25H,8,10-11H2,1H3/t13-,17-/m1/s1. The lowest BCUT2D eigenvalue weighted by Crippen LogP contribution is -2.31. The Labute approximate surface area is 156 Å². The maximum absolute atomic E-state index is 12.8. The molecule has 1 aromatic carbocycles. The SMILES string of the molecule is Cn1ncc(Cl)c1C(=O)N1C[C@@H](Cc2ccnc3ccccc23)[C@H](O)C1. The number of rotatable bonds is 3. The van der Waals surface area contributed by atoms with E-state index < -0.39 is 6.10 Å². The second kappa shape index (κ2) is 6.70. The van der Waals surface area contributed by atoms with Crippen molar-refractivity contribution in [3.05, 3.63) is 59.0 Å². The molecule has 1 amide bonds. The first-order valence-corrected chi connectivity index (χ1v) is 8.90. The molecule has 1 saturated heterocycles. The predicted molar refractivity (Wildman–Crippen MR) is 99.1 cm³/mol. The molecular formula is C19H19ClN4O2. The molecule has 134 valence electrons. The number of hydrogen-bond acceptors (Lipinski definition) is 4. The zero-order valence-electron chi connectivity index (χ0n) is 14.3. The monoisotopic (exact) mass is 370 g/mol. The Morgan fingerprint density at radius 2 is 2.12 bits per heavy atom. The molecule has 3 aromatic rings. The summed E-state index contributed by atoms with van der Waals surface area (Å²) in [6.07, 6.45) is 3.37. The quantitative estimate of drug-likeness (QED) is 0.768. The number of halogens is 1. The number of pyridine rings is 1. The van der Waals surface area contributed by atoms with Crippen LogP contribution in [0.3, 0.4) is 0 Å². The molecule has 0 aliphatic carbocycles. The van der Waals surface area contributed by atoms with Gasteiger partial charge < -0.3 is 10.0 Å². The fourth-order valence-electron chi connectivity index (χ4n) is 3.64. The highest BCUT2D eigenvalue weighted by atomic mass is 35.5. The fraction of sp³-hybridized carbons (Fsp3) is 0.316. The third-order valence-electron chi connectivity index (χ3n) is 5.01. The van der Waals surface area contributed by atoms with Gasteiger partial charge in [-0.3, -0.25) is 14.5 Å². The van der Waals surface area contributed by atoms with Crippen LogP contribution in [0.15, 0.2) is 42.7 Å². The molecule has 1 N–H and O–H groups in total. The van der Waals surface area contributed by atoms with Gasteiger partial charge in [0.2, 0.25) is 0 Å². The van der Waals surface area contributed by atoms with E-state index in [4.69, 9.17) is 11.6 Å². The van der Waals surface area contributed by atoms with E-state index in [1.807, 2.05) is 30.3 Å². The Morgan fingerprint density at radius 1 is 1.31 bits per heavy atom. The number of aliphatic hydroxyl groups is 1. The van der Waals surface area contributed by atoms with Crippen molar-refractivity contribution in [3.63, 3.8) is 0 Å². The topological polar surface area (TPSA) is 71.2 Å². The highest BCUT2D eigenvalue weighted by Crippen LogP contribution is 2.27. The van der Waals surface area contributed by atoms with Crippen molar-refractivity contribution >= 4 is 28.4 Å². The highest BCUT2D eigenvalue weighted by molar-refractivity contribution is 6.33. The molecule has 3 heterocycles. The van der Waals surface area contributed by atoms with E-state index in [1.54, 1.807) is 18.1 Å². The van der Waals surface area contributed by atoms with Crippen LogP contribution in [0.2, 0.25) is 5.02 Å². The van der Waals surface area contributed by atoms with Gasteiger partial charge in [-0.05, 0) is 24.1 Å². The summed E-state index contributed by atoms with van der Waals surface area (Å²) >= 11 is 6.09. The van der Waals surface area contributed by atoms with E-state index in [-0.39, 0.29) is 11.8 Å². The van der Waals surface area contributed by atoms with Gasteiger partial charge in [-0.25, -0.2) is 0 Å². The zero-order chi connectivity index (χ0) is 18.3. The third kappa shape index (κ3) is 2.95. The molecule has 0 saturated carbocycles. The molecule has 2 aromatic heterocycles. The molecule has 1 fully saturated rings. The third-order valence-corrected chi connectivity index (χ3v) is 5.29. The maximum Gasteiger partial charge on any atom is 0.273 e. The van der Waals surface area contributed by atoms with E-state index in [0.29, 0.717) is 30.2 Å². The molecule has 0 radical (unpaired) electrons. The van der Waals surface area contributed by atoms with Crippen molar-refractivity contribution in [2.24, 2.45) is 13.0 Å². The number of para-hydroxylation sites is 1. The van der Waals surface area contributed by atoms with Crippen LogP contribution < -0.4 is 0 Å². The Morgan fingerprint density at radius 3 is 2.88 bits per heavy atom. The second-order valence-electron chi connectivity index (χ2n) is 6.69. The van der Waals surface area contributed by atoms with E-state index in [1.165, 1.54) is 10.9 Å². The number of fused-ring (bicyclic) bond motifs is 1. The molecule has 4 rings (SSSR count). The number of aliphatic hydroxyl groups excluding tert-OH is 1. The summed E-state index contributed by atoms with van der Waals surface area (Å²) in [6.45, 7) is 0.784. The smallest absolute Gasteiger partial charge is 0.273 e. The van der Waals surface area contributed by atoms with Crippen molar-refractivity contribution in [1.29, 1.82) is 0 Å². The van der Waals surface area contributed by atoms with Gasteiger partial charge in [-0.15, -0.1) is 0 Å². The van der Waals surface area contributed by atoms with Gasteiger partial charge in [-0.1, -0.05) is 29.8 Å². The Hall–Kier alpha value is -2.44. The van der Waals surface area contributed by atoms with Gasteiger partial charge in [0.25, 0.3) is 5.91 Å². The summed E-state index contributed by atoms with van der Waals surface area (Å²) in [5.74, 6) is -0.229. The van der Waals surface area contributed by atoms with E-state index in [0.717, 1.165) is 16.5 Å². The average molecular weight is 371 g/mol. The number of hydrogen-bond donors (Lipinski definition) is 1. The lowest BCUT2D eigenvalue weighted by molar-refractivity contribution is 0.0754. The summed E-state index contributed by atoms with van der Waals surface area (Å²) in [5.41, 5.74) is 2.42. The number of aromatic nitrogens is 3. The van der Waals surface area contributed by atoms with Gasteiger partial charge in [0, 0.05) is 37.6 Å². The van der Waals surface area contributed by atoms with Crippen LogP contribution >= 0.6 is 11.6 Å². The second-order valence-corrected chi connectivity index (χ2v) is 7.10. The number of β-amino-alcohol motifs (C(OH)–C–C–N with tert-alkyl or cyclic N) is 1. The van der Waals surface area contributed by atoms with E-state index in [9.17, 15) is 9.90 Å². The van der Waals surface area contributed by atoms with Crippen molar-refractivity contribution in [1.82, 2.24) is 19.7 Å². The minimum absolute atomic E-state index is 0.0308. The lowest BCUT2D eigenvalue weighted by atomic mass is 9.94. The van der Waals surface area contributed by atoms with Crippen molar-refractivity contribution < 1.29 is 9.90 Å². The summed E-state index contributed by atoms with van der Waals surface area (Å²) in [5, 5.41) is 15.9. The molecule has 2 atom stereocenters. The molecular weight excluding hydrogens is 352 g/mol. The normalized spacial score (nSPS) is 20.0.